The quantitative estimate of drug-likeness (QED) is 0.222. The summed E-state index contributed by atoms with van der Waals surface area (Å²) in [7, 11) is 0. The number of hydrogen-bond acceptors (Lipinski definition) is 1. The van der Waals surface area contributed by atoms with Crippen LogP contribution in [0.1, 0.15) is 0 Å². The molecule has 0 aliphatic rings. The molecule has 0 aliphatic heterocycles. The zero-order valence-corrected chi connectivity index (χ0v) is 20.9. The Morgan fingerprint density at radius 2 is 1.50 bits per heavy atom. The van der Waals surface area contributed by atoms with Gasteiger partial charge in [0.2, 0.25) is 0 Å². The van der Waals surface area contributed by atoms with Crippen molar-refractivity contribution in [1.82, 2.24) is 14.1 Å². The summed E-state index contributed by atoms with van der Waals surface area (Å²) in [5, 5.41) is 6.16. The molecule has 0 radical (unpaired) electrons. The molecule has 0 aliphatic carbocycles. The number of nitrogens with zero attached hydrogens (tertiary/aromatic N) is 3. The predicted octanol–water partition coefficient (Wildman–Crippen LogP) is 9.17. The average molecular weight is 488 g/mol. The number of benzene rings is 4. The Labute approximate surface area is 220 Å². The number of pyridine rings is 1. The van der Waals surface area contributed by atoms with Crippen LogP contribution in [0.2, 0.25) is 0 Å². The largest absolute Gasteiger partial charge is 0.317 e. The van der Waals surface area contributed by atoms with E-state index in [-0.39, 0.29) is 0 Å². The highest BCUT2D eigenvalue weighted by atomic mass is 15.0. The molecule has 38 heavy (non-hydrogen) atoms. The molecule has 0 fully saturated rings. The van der Waals surface area contributed by atoms with Crippen molar-refractivity contribution < 1.29 is 0 Å². The molecule has 0 N–H and O–H groups in total. The normalized spacial score (nSPS) is 12.1. The smallest absolute Gasteiger partial charge is 0.0547 e. The zero-order valence-electron chi connectivity index (χ0n) is 20.9. The number of para-hydroxylation sites is 1. The molecule has 0 unspecified atom stereocenters. The van der Waals surface area contributed by atoms with Crippen molar-refractivity contribution in [1.29, 1.82) is 0 Å². The summed E-state index contributed by atoms with van der Waals surface area (Å²) in [6.07, 6.45) is 11.4. The molecule has 0 spiro atoms. The second kappa shape index (κ2) is 8.75. The SMILES string of the molecule is C=C/C=C(\C=C)n1ccc2c3cc4c(cc3ccc21)c1ccccc1n4-c1cccc(-c2ccncc2)c1. The molecular weight excluding hydrogens is 462 g/mol. The van der Waals surface area contributed by atoms with Gasteiger partial charge in [0.1, 0.15) is 0 Å². The molecule has 3 heteroatoms. The van der Waals surface area contributed by atoms with Crippen molar-refractivity contribution in [3.05, 3.63) is 141 Å². The molecule has 4 aromatic carbocycles. The van der Waals surface area contributed by atoms with Gasteiger partial charge in [0, 0.05) is 46.1 Å². The maximum absolute atomic E-state index is 4.19. The minimum absolute atomic E-state index is 0.998. The van der Waals surface area contributed by atoms with Gasteiger partial charge in [-0.05, 0) is 88.6 Å². The topological polar surface area (TPSA) is 22.8 Å². The number of aromatic nitrogens is 3. The lowest BCUT2D eigenvalue weighted by molar-refractivity contribution is 1.18. The van der Waals surface area contributed by atoms with Gasteiger partial charge < -0.3 is 9.13 Å². The highest BCUT2D eigenvalue weighted by molar-refractivity contribution is 6.18. The molecule has 3 aromatic heterocycles. The Morgan fingerprint density at radius 1 is 0.658 bits per heavy atom. The molecule has 0 saturated carbocycles. The molecule has 0 bridgehead atoms. The van der Waals surface area contributed by atoms with Crippen LogP contribution in [0, 0.1) is 0 Å². The van der Waals surface area contributed by atoms with E-state index in [1.54, 1.807) is 6.08 Å². The van der Waals surface area contributed by atoms with Crippen molar-refractivity contribution in [2.45, 2.75) is 0 Å². The van der Waals surface area contributed by atoms with Gasteiger partial charge in [-0.25, -0.2) is 0 Å². The van der Waals surface area contributed by atoms with E-state index in [1.807, 2.05) is 24.5 Å². The highest BCUT2D eigenvalue weighted by Gasteiger charge is 2.15. The van der Waals surface area contributed by atoms with Gasteiger partial charge in [-0.2, -0.15) is 0 Å². The van der Waals surface area contributed by atoms with E-state index in [4.69, 9.17) is 0 Å². The molecule has 3 heterocycles. The fourth-order valence-electron chi connectivity index (χ4n) is 5.65. The minimum atomic E-state index is 0.998. The van der Waals surface area contributed by atoms with Gasteiger partial charge in [0.05, 0.1) is 16.6 Å². The summed E-state index contributed by atoms with van der Waals surface area (Å²) < 4.78 is 4.55. The molecule has 3 nitrogen and oxygen atoms in total. The number of fused-ring (bicyclic) bond motifs is 6. The minimum Gasteiger partial charge on any atom is -0.317 e. The zero-order chi connectivity index (χ0) is 25.6. The van der Waals surface area contributed by atoms with Crippen molar-refractivity contribution in [2.24, 2.45) is 0 Å². The van der Waals surface area contributed by atoms with Gasteiger partial charge in [0.15, 0.2) is 0 Å². The van der Waals surface area contributed by atoms with Gasteiger partial charge in [-0.1, -0.05) is 55.6 Å². The van der Waals surface area contributed by atoms with Gasteiger partial charge >= 0.3 is 0 Å². The maximum Gasteiger partial charge on any atom is 0.0547 e. The first-order valence-corrected chi connectivity index (χ1v) is 12.7. The predicted molar refractivity (Wildman–Crippen MR) is 162 cm³/mol. The molecular formula is C35H25N3. The van der Waals surface area contributed by atoms with Gasteiger partial charge in [-0.15, -0.1) is 0 Å². The van der Waals surface area contributed by atoms with Crippen molar-refractivity contribution in [3.8, 4) is 16.8 Å². The van der Waals surface area contributed by atoms with Crippen LogP contribution in [-0.2, 0) is 0 Å². The Hall–Kier alpha value is -5.15. The summed E-state index contributed by atoms with van der Waals surface area (Å²) in [4.78, 5) is 4.19. The standard InChI is InChI=1S/C35H25N3/c1-3-8-27(4-2)37-20-17-30-31-23-35-32(22-26(31)13-14-33(30)37)29-11-5-6-12-34(29)38(35)28-10-7-9-25(21-28)24-15-18-36-19-16-24/h3-23H,1-2H2/b27-8+. The van der Waals surface area contributed by atoms with Crippen LogP contribution in [0.5, 0.6) is 0 Å². The lowest BCUT2D eigenvalue weighted by atomic mass is 10.0. The molecule has 180 valence electrons. The first-order valence-electron chi connectivity index (χ1n) is 12.7. The third kappa shape index (κ3) is 3.33. The molecule has 0 amide bonds. The summed E-state index contributed by atoms with van der Waals surface area (Å²) in [6, 6.07) is 32.8. The Morgan fingerprint density at radius 3 is 2.34 bits per heavy atom. The summed E-state index contributed by atoms with van der Waals surface area (Å²) in [6.45, 7) is 7.86. The number of rotatable bonds is 5. The second-order valence-electron chi connectivity index (χ2n) is 9.44. The van der Waals surface area contributed by atoms with E-state index >= 15 is 0 Å². The van der Waals surface area contributed by atoms with Crippen molar-refractivity contribution >= 4 is 49.2 Å². The fraction of sp³-hybridized carbons (Fsp3) is 0. The first kappa shape index (κ1) is 22.1. The number of allylic oxidation sites excluding steroid dienone is 4. The Balaban J connectivity index is 1.54. The van der Waals surface area contributed by atoms with E-state index < -0.39 is 0 Å². The fourth-order valence-corrected chi connectivity index (χ4v) is 5.65. The van der Waals surface area contributed by atoms with Gasteiger partial charge in [-0.3, -0.25) is 4.98 Å². The van der Waals surface area contributed by atoms with Crippen LogP contribution in [0.15, 0.2) is 141 Å². The second-order valence-corrected chi connectivity index (χ2v) is 9.44. The van der Waals surface area contributed by atoms with Crippen LogP contribution in [-0.4, -0.2) is 14.1 Å². The first-order chi connectivity index (χ1) is 18.8. The highest BCUT2D eigenvalue weighted by Crippen LogP contribution is 2.38. The average Bonchev–Trinajstić information content (AvgIpc) is 3.55. The van der Waals surface area contributed by atoms with E-state index in [0.29, 0.717) is 0 Å². The molecule has 7 rings (SSSR count). The van der Waals surface area contributed by atoms with Crippen LogP contribution >= 0.6 is 0 Å². The Bertz CT molecular complexity index is 2050. The van der Waals surface area contributed by atoms with Crippen LogP contribution in [0.4, 0.5) is 0 Å². The molecule has 0 atom stereocenters. The van der Waals surface area contributed by atoms with Crippen molar-refractivity contribution in [2.75, 3.05) is 0 Å². The molecule has 7 aromatic rings. The monoisotopic (exact) mass is 487 g/mol. The van der Waals surface area contributed by atoms with E-state index in [9.17, 15) is 0 Å². The lowest BCUT2D eigenvalue weighted by Gasteiger charge is -2.11. The summed E-state index contributed by atoms with van der Waals surface area (Å²) >= 11 is 0. The third-order valence-corrected chi connectivity index (χ3v) is 7.37. The van der Waals surface area contributed by atoms with E-state index in [2.05, 4.69) is 124 Å². The van der Waals surface area contributed by atoms with E-state index in [0.717, 1.165) is 22.5 Å². The van der Waals surface area contributed by atoms with E-state index in [1.165, 1.54) is 43.5 Å². The van der Waals surface area contributed by atoms with Crippen LogP contribution in [0.3, 0.4) is 0 Å². The summed E-state index contributed by atoms with van der Waals surface area (Å²) in [5.74, 6) is 0. The van der Waals surface area contributed by atoms with Crippen molar-refractivity contribution in [3.63, 3.8) is 0 Å². The number of hydrogen-bond donors (Lipinski definition) is 0. The molecule has 0 saturated heterocycles. The maximum atomic E-state index is 4.19. The van der Waals surface area contributed by atoms with Crippen LogP contribution < -0.4 is 0 Å². The van der Waals surface area contributed by atoms with Crippen LogP contribution in [0.25, 0.3) is 66.0 Å². The van der Waals surface area contributed by atoms with Gasteiger partial charge in [0.25, 0.3) is 0 Å². The Kier molecular flexibility index (Phi) is 5.09. The summed E-state index contributed by atoms with van der Waals surface area (Å²) in [5.41, 5.74) is 7.99. The lowest BCUT2D eigenvalue weighted by Crippen LogP contribution is -1.94. The third-order valence-electron chi connectivity index (χ3n) is 7.37.